The summed E-state index contributed by atoms with van der Waals surface area (Å²) in [6.07, 6.45) is 3.95. The molecule has 0 aromatic carbocycles. The molecule has 0 saturated carbocycles. The number of amides is 1. The van der Waals surface area contributed by atoms with E-state index in [1.807, 2.05) is 0 Å². The van der Waals surface area contributed by atoms with Crippen LogP contribution in [0.2, 0.25) is 0 Å². The molecule has 1 aliphatic heterocycles. The number of nitrogens with one attached hydrogen (secondary N) is 1. The number of rotatable bonds is 2. The number of carbonyl (C=O) groups is 1. The van der Waals surface area contributed by atoms with Crippen LogP contribution < -0.4 is 5.32 Å². The summed E-state index contributed by atoms with van der Waals surface area (Å²) in [5.74, 6) is 0.574. The van der Waals surface area contributed by atoms with E-state index in [1.54, 1.807) is 17.3 Å². The maximum Gasteiger partial charge on any atom is 0.409 e. The van der Waals surface area contributed by atoms with Crippen LogP contribution >= 0.6 is 15.9 Å². The van der Waals surface area contributed by atoms with E-state index < -0.39 is 0 Å². The number of likely N-dealkylation sites (tertiary alicyclic amines) is 1. The van der Waals surface area contributed by atoms with Gasteiger partial charge in [-0.15, -0.1) is 0 Å². The summed E-state index contributed by atoms with van der Waals surface area (Å²) < 4.78 is 5.51. The van der Waals surface area contributed by atoms with E-state index in [-0.39, 0.29) is 12.1 Å². The molecule has 17 heavy (non-hydrogen) atoms. The van der Waals surface area contributed by atoms with E-state index >= 15 is 0 Å². The standard InChI is InChI=1S/C10H13BrN4O2/c1-17-10(16)15-3-2-8(6-15)14-9-12-4-7(11)5-13-9/h4-5,8H,2-3,6H2,1H3,(H,12,13,14)/t8-/m0/s1. The molecule has 1 aliphatic rings. The first-order valence-electron chi connectivity index (χ1n) is 5.26. The molecule has 1 saturated heterocycles. The van der Waals surface area contributed by atoms with Crippen molar-refractivity contribution in [2.75, 3.05) is 25.5 Å². The quantitative estimate of drug-likeness (QED) is 0.896. The molecule has 1 aromatic rings. The van der Waals surface area contributed by atoms with Crippen molar-refractivity contribution in [2.45, 2.75) is 12.5 Å². The molecule has 92 valence electrons. The lowest BCUT2D eigenvalue weighted by molar-refractivity contribution is 0.132. The van der Waals surface area contributed by atoms with Gasteiger partial charge in [0.15, 0.2) is 0 Å². The van der Waals surface area contributed by atoms with Gasteiger partial charge >= 0.3 is 6.09 Å². The van der Waals surface area contributed by atoms with E-state index in [9.17, 15) is 4.79 Å². The van der Waals surface area contributed by atoms with Crippen molar-refractivity contribution >= 4 is 28.0 Å². The lowest BCUT2D eigenvalue weighted by Crippen LogP contribution is -2.31. The Morgan fingerprint density at radius 3 is 2.94 bits per heavy atom. The average Bonchev–Trinajstić information content (AvgIpc) is 2.80. The second-order valence-corrected chi connectivity index (χ2v) is 4.69. The molecule has 0 unspecified atom stereocenters. The van der Waals surface area contributed by atoms with Gasteiger partial charge in [0.2, 0.25) is 5.95 Å². The van der Waals surface area contributed by atoms with Gasteiger partial charge in [-0.3, -0.25) is 0 Å². The van der Waals surface area contributed by atoms with E-state index in [0.29, 0.717) is 19.0 Å². The highest BCUT2D eigenvalue weighted by atomic mass is 79.9. The van der Waals surface area contributed by atoms with Crippen molar-refractivity contribution in [3.8, 4) is 0 Å². The first-order valence-corrected chi connectivity index (χ1v) is 6.05. The number of ether oxygens (including phenoxy) is 1. The molecule has 0 bridgehead atoms. The van der Waals surface area contributed by atoms with Gasteiger partial charge < -0.3 is 15.0 Å². The maximum atomic E-state index is 11.3. The topological polar surface area (TPSA) is 67.3 Å². The van der Waals surface area contributed by atoms with E-state index in [0.717, 1.165) is 10.9 Å². The average molecular weight is 301 g/mol. The van der Waals surface area contributed by atoms with Gasteiger partial charge in [0.05, 0.1) is 11.6 Å². The van der Waals surface area contributed by atoms with Gasteiger partial charge in [0.25, 0.3) is 0 Å². The molecule has 1 N–H and O–H groups in total. The molecule has 1 atom stereocenters. The Kier molecular flexibility index (Phi) is 3.78. The van der Waals surface area contributed by atoms with Crippen LogP contribution in [0.4, 0.5) is 10.7 Å². The largest absolute Gasteiger partial charge is 0.453 e. The molecule has 2 rings (SSSR count). The second kappa shape index (κ2) is 5.31. The van der Waals surface area contributed by atoms with Gasteiger partial charge in [-0.25, -0.2) is 14.8 Å². The Morgan fingerprint density at radius 1 is 1.59 bits per heavy atom. The molecule has 0 spiro atoms. The van der Waals surface area contributed by atoms with Crippen LogP contribution in [-0.2, 0) is 4.74 Å². The molecule has 1 amide bonds. The highest BCUT2D eigenvalue weighted by Crippen LogP contribution is 2.14. The SMILES string of the molecule is COC(=O)N1CC[C@H](Nc2ncc(Br)cn2)C1. The highest BCUT2D eigenvalue weighted by Gasteiger charge is 2.26. The van der Waals surface area contributed by atoms with E-state index in [1.165, 1.54) is 7.11 Å². The van der Waals surface area contributed by atoms with Crippen LogP contribution in [0.5, 0.6) is 0 Å². The van der Waals surface area contributed by atoms with Crippen molar-refractivity contribution < 1.29 is 9.53 Å². The Hall–Kier alpha value is -1.37. The molecule has 6 nitrogen and oxygen atoms in total. The summed E-state index contributed by atoms with van der Waals surface area (Å²) in [5, 5.41) is 3.18. The molecular formula is C10H13BrN4O2. The third-order valence-corrected chi connectivity index (χ3v) is 2.98. The molecule has 0 aliphatic carbocycles. The van der Waals surface area contributed by atoms with Crippen molar-refractivity contribution in [2.24, 2.45) is 0 Å². The van der Waals surface area contributed by atoms with E-state index in [2.05, 4.69) is 36.0 Å². The van der Waals surface area contributed by atoms with Crippen LogP contribution in [0, 0.1) is 0 Å². The van der Waals surface area contributed by atoms with Gasteiger partial charge in [-0.2, -0.15) is 0 Å². The van der Waals surface area contributed by atoms with Crippen LogP contribution in [0.1, 0.15) is 6.42 Å². The summed E-state index contributed by atoms with van der Waals surface area (Å²) >= 11 is 3.27. The summed E-state index contributed by atoms with van der Waals surface area (Å²) in [7, 11) is 1.39. The second-order valence-electron chi connectivity index (χ2n) is 3.77. The fraction of sp³-hybridized carbons (Fsp3) is 0.500. The molecular weight excluding hydrogens is 288 g/mol. The van der Waals surface area contributed by atoms with Gasteiger partial charge in [-0.05, 0) is 22.4 Å². The number of methoxy groups -OCH3 is 1. The first-order chi connectivity index (χ1) is 8.19. The van der Waals surface area contributed by atoms with Gasteiger partial charge in [0.1, 0.15) is 0 Å². The lowest BCUT2D eigenvalue weighted by atomic mass is 10.3. The van der Waals surface area contributed by atoms with Crippen molar-refractivity contribution in [3.63, 3.8) is 0 Å². The minimum absolute atomic E-state index is 0.176. The minimum atomic E-state index is -0.286. The number of hydrogen-bond acceptors (Lipinski definition) is 5. The summed E-state index contributed by atoms with van der Waals surface area (Å²) in [4.78, 5) is 21.2. The van der Waals surface area contributed by atoms with Crippen LogP contribution in [-0.4, -0.2) is 47.2 Å². The predicted octanol–water partition coefficient (Wildman–Crippen LogP) is 1.49. The molecule has 0 radical (unpaired) electrons. The lowest BCUT2D eigenvalue weighted by Gasteiger charge is -2.15. The molecule has 2 heterocycles. The number of aromatic nitrogens is 2. The highest BCUT2D eigenvalue weighted by molar-refractivity contribution is 9.10. The number of anilines is 1. The van der Waals surface area contributed by atoms with Crippen LogP contribution in [0.3, 0.4) is 0 Å². The van der Waals surface area contributed by atoms with E-state index in [4.69, 9.17) is 0 Å². The molecule has 7 heteroatoms. The Bertz CT molecular complexity index is 398. The normalized spacial score (nSPS) is 19.2. The van der Waals surface area contributed by atoms with Gasteiger partial charge in [0, 0.05) is 31.5 Å². The Balaban J connectivity index is 1.89. The monoisotopic (exact) mass is 300 g/mol. The Morgan fingerprint density at radius 2 is 2.29 bits per heavy atom. The number of carbonyl (C=O) groups excluding carboxylic acids is 1. The summed E-state index contributed by atoms with van der Waals surface area (Å²) in [6.45, 7) is 1.31. The minimum Gasteiger partial charge on any atom is -0.453 e. The summed E-state index contributed by atoms with van der Waals surface area (Å²) in [6, 6.07) is 0.176. The number of hydrogen-bond donors (Lipinski definition) is 1. The zero-order valence-electron chi connectivity index (χ0n) is 9.39. The zero-order chi connectivity index (χ0) is 12.3. The molecule has 1 aromatic heterocycles. The third kappa shape index (κ3) is 3.06. The Labute approximate surface area is 108 Å². The van der Waals surface area contributed by atoms with Crippen LogP contribution in [0.25, 0.3) is 0 Å². The van der Waals surface area contributed by atoms with Gasteiger partial charge in [-0.1, -0.05) is 0 Å². The number of nitrogens with zero attached hydrogens (tertiary/aromatic N) is 3. The zero-order valence-corrected chi connectivity index (χ0v) is 11.0. The fourth-order valence-electron chi connectivity index (χ4n) is 1.74. The fourth-order valence-corrected chi connectivity index (χ4v) is 1.95. The molecule has 1 fully saturated rings. The smallest absolute Gasteiger partial charge is 0.409 e. The van der Waals surface area contributed by atoms with Crippen molar-refractivity contribution in [1.82, 2.24) is 14.9 Å². The third-order valence-electron chi connectivity index (χ3n) is 2.57. The predicted molar refractivity (Wildman–Crippen MR) is 65.7 cm³/mol. The van der Waals surface area contributed by atoms with Crippen molar-refractivity contribution in [1.29, 1.82) is 0 Å². The summed E-state index contributed by atoms with van der Waals surface area (Å²) in [5.41, 5.74) is 0. The van der Waals surface area contributed by atoms with Crippen molar-refractivity contribution in [3.05, 3.63) is 16.9 Å². The number of halogens is 1. The first kappa shape index (κ1) is 12.1. The maximum absolute atomic E-state index is 11.3. The van der Waals surface area contributed by atoms with Crippen LogP contribution in [0.15, 0.2) is 16.9 Å².